The Labute approximate surface area is 179 Å². The van der Waals surface area contributed by atoms with E-state index in [0.717, 1.165) is 5.56 Å². The number of hydrogen-bond donors (Lipinski definition) is 4. The zero-order chi connectivity index (χ0) is 21.6. The van der Waals surface area contributed by atoms with E-state index >= 15 is 0 Å². The molecule has 4 atom stereocenters. The van der Waals surface area contributed by atoms with Gasteiger partial charge in [0.1, 0.15) is 11.3 Å². The maximum atomic E-state index is 13.5. The predicted octanol–water partition coefficient (Wildman–Crippen LogP) is 2.80. The number of benzene rings is 2. The lowest BCUT2D eigenvalue weighted by Crippen LogP contribution is -2.53. The maximum absolute atomic E-state index is 13.5. The van der Waals surface area contributed by atoms with Crippen LogP contribution in [0.1, 0.15) is 24.5 Å². The molecule has 0 bridgehead atoms. The Balaban J connectivity index is 1.76. The molecule has 1 saturated heterocycles. The summed E-state index contributed by atoms with van der Waals surface area (Å²) in [7, 11) is 1.50. The Hall–Kier alpha value is -2.61. The number of ether oxygens (including phenoxy) is 1. The summed E-state index contributed by atoms with van der Waals surface area (Å²) in [5.74, 6) is -0.934. The van der Waals surface area contributed by atoms with Crippen LogP contribution in [-0.2, 0) is 15.1 Å². The van der Waals surface area contributed by atoms with E-state index in [1.807, 2.05) is 25.1 Å². The fourth-order valence-corrected chi connectivity index (χ4v) is 4.60. The van der Waals surface area contributed by atoms with Crippen molar-refractivity contribution >= 4 is 34.8 Å². The average molecular weight is 430 g/mol. The van der Waals surface area contributed by atoms with E-state index in [0.29, 0.717) is 34.1 Å². The van der Waals surface area contributed by atoms with Crippen LogP contribution < -0.4 is 20.7 Å². The molecule has 4 rings (SSSR count). The molecule has 1 spiro atoms. The molecule has 1 fully saturated rings. The first kappa shape index (κ1) is 20.7. The molecule has 4 N–H and O–H groups in total. The normalized spacial score (nSPS) is 25.7. The first-order chi connectivity index (χ1) is 14.3. The SMILES string of the molecule is COc1ccc(Cl)cc1NC(=O)[C@H]1C[C@H]([C@@H](C)O)N[C@]12C(=O)Nc1ccc(C)cc12. The quantitative estimate of drug-likeness (QED) is 0.599. The molecular formula is C22H24ClN3O4. The van der Waals surface area contributed by atoms with E-state index in [1.54, 1.807) is 25.1 Å². The van der Waals surface area contributed by atoms with Crippen molar-refractivity contribution in [2.45, 2.75) is 38.0 Å². The zero-order valence-electron chi connectivity index (χ0n) is 17.0. The van der Waals surface area contributed by atoms with Crippen LogP contribution in [-0.4, -0.2) is 36.2 Å². The molecule has 2 aromatic carbocycles. The summed E-state index contributed by atoms with van der Waals surface area (Å²) in [5, 5.41) is 19.7. The van der Waals surface area contributed by atoms with Crippen LogP contribution in [0.15, 0.2) is 36.4 Å². The number of fused-ring (bicyclic) bond motifs is 2. The largest absolute Gasteiger partial charge is 0.495 e. The van der Waals surface area contributed by atoms with Gasteiger partial charge in [-0.2, -0.15) is 0 Å². The van der Waals surface area contributed by atoms with Gasteiger partial charge in [0.15, 0.2) is 0 Å². The molecule has 30 heavy (non-hydrogen) atoms. The number of aliphatic hydroxyl groups excluding tert-OH is 1. The standard InChI is InChI=1S/C22H24ClN3O4/c1-11-4-6-16-14(8-11)22(21(29)25-16)15(10-17(26-22)12(2)27)20(28)24-18-9-13(23)5-7-19(18)30-3/h4-9,12,15,17,26-27H,10H2,1-3H3,(H,24,28)(H,25,29)/t12-,15-,17-,22+/m1/s1. The molecule has 2 aliphatic heterocycles. The fraction of sp³-hybridized carbons (Fsp3) is 0.364. The van der Waals surface area contributed by atoms with E-state index in [-0.39, 0.29) is 11.8 Å². The van der Waals surface area contributed by atoms with Crippen molar-refractivity contribution in [1.82, 2.24) is 5.32 Å². The van der Waals surface area contributed by atoms with Crippen molar-refractivity contribution in [1.29, 1.82) is 0 Å². The first-order valence-corrected chi connectivity index (χ1v) is 10.2. The van der Waals surface area contributed by atoms with Gasteiger partial charge in [0.05, 0.1) is 24.8 Å². The number of anilines is 2. The molecule has 0 radical (unpaired) electrons. The molecule has 8 heteroatoms. The molecule has 0 unspecified atom stereocenters. The van der Waals surface area contributed by atoms with Gasteiger partial charge in [0.2, 0.25) is 11.8 Å². The molecule has 2 aliphatic rings. The molecule has 0 aromatic heterocycles. The summed E-state index contributed by atoms with van der Waals surface area (Å²) in [6.07, 6.45) is -0.435. The average Bonchev–Trinajstić information content (AvgIpc) is 3.23. The van der Waals surface area contributed by atoms with Gasteiger partial charge in [0.25, 0.3) is 0 Å². The topological polar surface area (TPSA) is 99.7 Å². The second kappa shape index (κ2) is 7.58. The van der Waals surface area contributed by atoms with Crippen LogP contribution in [0.5, 0.6) is 5.75 Å². The van der Waals surface area contributed by atoms with Crippen molar-refractivity contribution < 1.29 is 19.4 Å². The molecule has 0 saturated carbocycles. The number of carbonyl (C=O) groups excluding carboxylic acids is 2. The fourth-order valence-electron chi connectivity index (χ4n) is 4.43. The molecule has 2 amide bonds. The number of carbonyl (C=O) groups is 2. The van der Waals surface area contributed by atoms with Crippen molar-refractivity contribution in [2.75, 3.05) is 17.7 Å². The molecule has 2 heterocycles. The van der Waals surface area contributed by atoms with Crippen molar-refractivity contribution in [3.8, 4) is 5.75 Å². The van der Waals surface area contributed by atoms with Crippen LogP contribution in [0.25, 0.3) is 0 Å². The van der Waals surface area contributed by atoms with Gasteiger partial charge in [-0.1, -0.05) is 29.3 Å². The minimum Gasteiger partial charge on any atom is -0.495 e. The maximum Gasteiger partial charge on any atom is 0.250 e. The minimum atomic E-state index is -1.26. The summed E-state index contributed by atoms with van der Waals surface area (Å²) in [6.45, 7) is 3.58. The van der Waals surface area contributed by atoms with Crippen LogP contribution in [0, 0.1) is 12.8 Å². The lowest BCUT2D eigenvalue weighted by molar-refractivity contribution is -0.130. The van der Waals surface area contributed by atoms with Gasteiger partial charge in [0, 0.05) is 22.3 Å². The third kappa shape index (κ3) is 3.23. The van der Waals surface area contributed by atoms with E-state index in [9.17, 15) is 14.7 Å². The monoisotopic (exact) mass is 429 g/mol. The summed E-state index contributed by atoms with van der Waals surface area (Å²) in [6, 6.07) is 10.2. The second-order valence-corrected chi connectivity index (χ2v) is 8.36. The number of rotatable bonds is 4. The minimum absolute atomic E-state index is 0.299. The Kier molecular flexibility index (Phi) is 5.22. The van der Waals surface area contributed by atoms with Gasteiger partial charge in [-0.25, -0.2) is 0 Å². The highest BCUT2D eigenvalue weighted by atomic mass is 35.5. The number of aryl methyl sites for hydroxylation is 1. The van der Waals surface area contributed by atoms with Crippen LogP contribution in [0.4, 0.5) is 11.4 Å². The van der Waals surface area contributed by atoms with Gasteiger partial charge in [-0.05, 0) is 44.5 Å². The molecule has 158 valence electrons. The number of nitrogens with one attached hydrogen (secondary N) is 3. The number of methoxy groups -OCH3 is 1. The first-order valence-electron chi connectivity index (χ1n) is 9.79. The number of halogens is 1. The van der Waals surface area contributed by atoms with Crippen molar-refractivity contribution in [3.63, 3.8) is 0 Å². The third-order valence-electron chi connectivity index (χ3n) is 5.95. The Morgan fingerprint density at radius 3 is 2.80 bits per heavy atom. The lowest BCUT2D eigenvalue weighted by Gasteiger charge is -2.29. The number of amides is 2. The van der Waals surface area contributed by atoms with Gasteiger partial charge in [-0.15, -0.1) is 0 Å². The molecule has 7 nitrogen and oxygen atoms in total. The van der Waals surface area contributed by atoms with E-state index in [1.165, 1.54) is 7.11 Å². The molecule has 0 aliphatic carbocycles. The van der Waals surface area contributed by atoms with Gasteiger partial charge in [-0.3, -0.25) is 14.9 Å². The smallest absolute Gasteiger partial charge is 0.250 e. The van der Waals surface area contributed by atoms with E-state index < -0.39 is 23.6 Å². The number of hydrogen-bond acceptors (Lipinski definition) is 5. The highest BCUT2D eigenvalue weighted by molar-refractivity contribution is 6.31. The van der Waals surface area contributed by atoms with E-state index in [2.05, 4.69) is 16.0 Å². The Morgan fingerprint density at radius 2 is 2.10 bits per heavy atom. The predicted molar refractivity (Wildman–Crippen MR) is 115 cm³/mol. The third-order valence-corrected chi connectivity index (χ3v) is 6.18. The van der Waals surface area contributed by atoms with E-state index in [4.69, 9.17) is 16.3 Å². The highest BCUT2D eigenvalue weighted by Gasteiger charge is 2.60. The molecular weight excluding hydrogens is 406 g/mol. The van der Waals surface area contributed by atoms with Crippen LogP contribution in [0.2, 0.25) is 5.02 Å². The summed E-state index contributed by atoms with van der Waals surface area (Å²) in [4.78, 5) is 26.7. The van der Waals surface area contributed by atoms with Gasteiger partial charge >= 0.3 is 0 Å². The Bertz CT molecular complexity index is 1030. The zero-order valence-corrected chi connectivity index (χ0v) is 17.7. The van der Waals surface area contributed by atoms with Gasteiger partial charge < -0.3 is 20.5 Å². The summed E-state index contributed by atoms with van der Waals surface area (Å²) >= 11 is 6.09. The molecule has 2 aromatic rings. The summed E-state index contributed by atoms with van der Waals surface area (Å²) < 4.78 is 5.33. The van der Waals surface area contributed by atoms with Crippen molar-refractivity contribution in [3.05, 3.63) is 52.5 Å². The van der Waals surface area contributed by atoms with Crippen LogP contribution in [0.3, 0.4) is 0 Å². The number of aliphatic hydroxyl groups is 1. The second-order valence-electron chi connectivity index (χ2n) is 7.92. The van der Waals surface area contributed by atoms with Crippen molar-refractivity contribution in [2.24, 2.45) is 5.92 Å². The summed E-state index contributed by atoms with van der Waals surface area (Å²) in [5.41, 5.74) is 1.52. The van der Waals surface area contributed by atoms with Crippen LogP contribution >= 0.6 is 11.6 Å². The lowest BCUT2D eigenvalue weighted by atomic mass is 9.79. The highest BCUT2D eigenvalue weighted by Crippen LogP contribution is 2.48. The Morgan fingerprint density at radius 1 is 1.33 bits per heavy atom.